The standard InChI is InChI=1S/C10H15N5/c1-7-10(11)8(2)15(13-7)6-9-12-4-5-14(9)3/h4-5H,6,11H2,1-3H3. The highest BCUT2D eigenvalue weighted by Crippen LogP contribution is 2.15. The lowest BCUT2D eigenvalue weighted by molar-refractivity contribution is 0.612. The average Bonchev–Trinajstić information content (AvgIpc) is 2.69. The summed E-state index contributed by atoms with van der Waals surface area (Å²) in [5.74, 6) is 0.973. The average molecular weight is 205 g/mol. The van der Waals surface area contributed by atoms with Crippen molar-refractivity contribution in [2.24, 2.45) is 7.05 Å². The van der Waals surface area contributed by atoms with E-state index in [1.165, 1.54) is 0 Å². The van der Waals surface area contributed by atoms with Crippen LogP contribution in [-0.2, 0) is 13.6 Å². The van der Waals surface area contributed by atoms with E-state index < -0.39 is 0 Å². The Kier molecular flexibility index (Phi) is 2.22. The van der Waals surface area contributed by atoms with E-state index >= 15 is 0 Å². The lowest BCUT2D eigenvalue weighted by Crippen LogP contribution is -2.08. The Morgan fingerprint density at radius 1 is 1.40 bits per heavy atom. The van der Waals surface area contributed by atoms with Crippen molar-refractivity contribution in [3.63, 3.8) is 0 Å². The van der Waals surface area contributed by atoms with E-state index in [9.17, 15) is 0 Å². The molecule has 15 heavy (non-hydrogen) atoms. The molecule has 0 bridgehead atoms. The number of rotatable bonds is 2. The molecule has 0 aliphatic rings. The third-order valence-corrected chi connectivity index (χ3v) is 2.65. The summed E-state index contributed by atoms with van der Waals surface area (Å²) in [5.41, 5.74) is 8.50. The predicted molar refractivity (Wildman–Crippen MR) is 58.4 cm³/mol. The maximum absolute atomic E-state index is 5.86. The van der Waals surface area contributed by atoms with Crippen LogP contribution in [-0.4, -0.2) is 19.3 Å². The first-order valence-corrected chi connectivity index (χ1v) is 4.85. The van der Waals surface area contributed by atoms with Gasteiger partial charge in [-0.2, -0.15) is 5.10 Å². The normalized spacial score (nSPS) is 10.9. The van der Waals surface area contributed by atoms with Crippen LogP contribution in [0.15, 0.2) is 12.4 Å². The molecule has 2 aromatic heterocycles. The smallest absolute Gasteiger partial charge is 0.130 e. The van der Waals surface area contributed by atoms with Gasteiger partial charge in [0, 0.05) is 19.4 Å². The summed E-state index contributed by atoms with van der Waals surface area (Å²) in [7, 11) is 1.97. The van der Waals surface area contributed by atoms with Crippen LogP contribution in [0.3, 0.4) is 0 Å². The molecule has 0 radical (unpaired) electrons. The minimum absolute atomic E-state index is 0.660. The van der Waals surface area contributed by atoms with Crippen LogP contribution in [0.4, 0.5) is 5.69 Å². The molecule has 0 aliphatic heterocycles. The van der Waals surface area contributed by atoms with Gasteiger partial charge in [0.25, 0.3) is 0 Å². The fourth-order valence-electron chi connectivity index (χ4n) is 1.55. The molecule has 0 amide bonds. The Labute approximate surface area is 88.5 Å². The van der Waals surface area contributed by atoms with E-state index in [1.54, 1.807) is 6.20 Å². The molecule has 2 rings (SSSR count). The number of nitrogens with zero attached hydrogens (tertiary/aromatic N) is 4. The number of nitrogen functional groups attached to an aromatic ring is 1. The predicted octanol–water partition coefficient (Wildman–Crippen LogP) is 0.864. The highest BCUT2D eigenvalue weighted by atomic mass is 15.3. The maximum Gasteiger partial charge on any atom is 0.130 e. The van der Waals surface area contributed by atoms with Gasteiger partial charge in [-0.3, -0.25) is 4.68 Å². The summed E-state index contributed by atoms with van der Waals surface area (Å²) in [4.78, 5) is 4.25. The molecule has 0 unspecified atom stereocenters. The molecule has 5 heteroatoms. The monoisotopic (exact) mass is 205 g/mol. The van der Waals surface area contributed by atoms with Crippen molar-refractivity contribution < 1.29 is 0 Å². The number of hydrogen-bond acceptors (Lipinski definition) is 3. The largest absolute Gasteiger partial charge is 0.396 e. The lowest BCUT2D eigenvalue weighted by Gasteiger charge is -2.04. The topological polar surface area (TPSA) is 61.7 Å². The third kappa shape index (κ3) is 1.60. The maximum atomic E-state index is 5.86. The molecule has 0 aliphatic carbocycles. The molecule has 5 nitrogen and oxygen atoms in total. The van der Waals surface area contributed by atoms with E-state index in [2.05, 4.69) is 10.1 Å². The van der Waals surface area contributed by atoms with Crippen molar-refractivity contribution in [1.82, 2.24) is 19.3 Å². The molecule has 0 atom stereocenters. The molecule has 0 aromatic carbocycles. The zero-order valence-electron chi connectivity index (χ0n) is 9.23. The highest BCUT2D eigenvalue weighted by Gasteiger charge is 2.09. The van der Waals surface area contributed by atoms with Crippen molar-refractivity contribution in [3.8, 4) is 0 Å². The quantitative estimate of drug-likeness (QED) is 0.791. The molecule has 80 valence electrons. The van der Waals surface area contributed by atoms with Gasteiger partial charge < -0.3 is 10.3 Å². The Balaban J connectivity index is 2.33. The first kappa shape index (κ1) is 9.76. The number of hydrogen-bond donors (Lipinski definition) is 1. The fourth-order valence-corrected chi connectivity index (χ4v) is 1.55. The molecular formula is C10H15N5. The zero-order chi connectivity index (χ0) is 11.0. The van der Waals surface area contributed by atoms with Crippen LogP contribution in [0.25, 0.3) is 0 Å². The summed E-state index contributed by atoms with van der Waals surface area (Å²) in [6.07, 6.45) is 3.70. The summed E-state index contributed by atoms with van der Waals surface area (Å²) in [5, 5.41) is 4.36. The van der Waals surface area contributed by atoms with E-state index in [1.807, 2.05) is 36.3 Å². The van der Waals surface area contributed by atoms with Gasteiger partial charge in [-0.1, -0.05) is 0 Å². The number of nitrogens with two attached hydrogens (primary N) is 1. The van der Waals surface area contributed by atoms with Gasteiger partial charge >= 0.3 is 0 Å². The molecule has 0 saturated carbocycles. The molecule has 2 aromatic rings. The van der Waals surface area contributed by atoms with E-state index in [4.69, 9.17) is 5.73 Å². The molecule has 2 N–H and O–H groups in total. The third-order valence-electron chi connectivity index (χ3n) is 2.65. The number of aromatic nitrogens is 4. The van der Waals surface area contributed by atoms with Crippen LogP contribution in [0, 0.1) is 13.8 Å². The van der Waals surface area contributed by atoms with E-state index in [0.717, 1.165) is 22.9 Å². The Morgan fingerprint density at radius 2 is 2.13 bits per heavy atom. The minimum atomic E-state index is 0.660. The second-order valence-electron chi connectivity index (χ2n) is 3.70. The van der Waals surface area contributed by atoms with Crippen LogP contribution >= 0.6 is 0 Å². The second kappa shape index (κ2) is 3.42. The van der Waals surface area contributed by atoms with Crippen molar-refractivity contribution in [3.05, 3.63) is 29.6 Å². The van der Waals surface area contributed by atoms with Gasteiger partial charge in [0.15, 0.2) is 0 Å². The van der Waals surface area contributed by atoms with Gasteiger partial charge in [-0.15, -0.1) is 0 Å². The lowest BCUT2D eigenvalue weighted by atomic mass is 10.3. The van der Waals surface area contributed by atoms with Crippen molar-refractivity contribution >= 4 is 5.69 Å². The van der Waals surface area contributed by atoms with Gasteiger partial charge in [-0.05, 0) is 13.8 Å². The van der Waals surface area contributed by atoms with Gasteiger partial charge in [-0.25, -0.2) is 4.98 Å². The molecule has 0 spiro atoms. The number of anilines is 1. The van der Waals surface area contributed by atoms with Crippen LogP contribution in [0.2, 0.25) is 0 Å². The highest BCUT2D eigenvalue weighted by molar-refractivity contribution is 5.46. The summed E-state index contributed by atoms with van der Waals surface area (Å²) >= 11 is 0. The first-order chi connectivity index (χ1) is 7.09. The van der Waals surface area contributed by atoms with Gasteiger partial charge in [0.05, 0.1) is 23.6 Å². The fraction of sp³-hybridized carbons (Fsp3) is 0.400. The van der Waals surface area contributed by atoms with Gasteiger partial charge in [0.1, 0.15) is 5.82 Å². The van der Waals surface area contributed by atoms with Crippen molar-refractivity contribution in [2.75, 3.05) is 5.73 Å². The second-order valence-corrected chi connectivity index (χ2v) is 3.70. The van der Waals surface area contributed by atoms with Crippen LogP contribution < -0.4 is 5.73 Å². The Hall–Kier alpha value is -1.78. The molecular weight excluding hydrogens is 190 g/mol. The van der Waals surface area contributed by atoms with Crippen LogP contribution in [0.5, 0.6) is 0 Å². The summed E-state index contributed by atoms with van der Waals surface area (Å²) in [6.45, 7) is 4.54. The Morgan fingerprint density at radius 3 is 2.60 bits per heavy atom. The van der Waals surface area contributed by atoms with E-state index in [0.29, 0.717) is 6.54 Å². The van der Waals surface area contributed by atoms with Crippen LogP contribution in [0.1, 0.15) is 17.2 Å². The first-order valence-electron chi connectivity index (χ1n) is 4.85. The van der Waals surface area contributed by atoms with Crippen molar-refractivity contribution in [2.45, 2.75) is 20.4 Å². The molecule has 0 fully saturated rings. The van der Waals surface area contributed by atoms with Crippen molar-refractivity contribution in [1.29, 1.82) is 0 Å². The zero-order valence-corrected chi connectivity index (χ0v) is 9.23. The van der Waals surface area contributed by atoms with E-state index in [-0.39, 0.29) is 0 Å². The minimum Gasteiger partial charge on any atom is -0.396 e. The number of imidazole rings is 1. The Bertz CT molecular complexity index is 480. The van der Waals surface area contributed by atoms with Gasteiger partial charge in [0.2, 0.25) is 0 Å². The SMILES string of the molecule is Cc1nn(Cc2nccn2C)c(C)c1N. The molecule has 2 heterocycles. The summed E-state index contributed by atoms with van der Waals surface area (Å²) < 4.78 is 3.86. The summed E-state index contributed by atoms with van der Waals surface area (Å²) in [6, 6.07) is 0. The number of aryl methyl sites for hydroxylation is 2. The molecule has 0 saturated heterocycles.